The van der Waals surface area contributed by atoms with Gasteiger partial charge in [-0.15, -0.1) is 0 Å². The zero-order valence-corrected chi connectivity index (χ0v) is 19.5. The first-order valence-electron chi connectivity index (χ1n) is 11.6. The Labute approximate surface area is 199 Å². The van der Waals surface area contributed by atoms with E-state index in [9.17, 15) is 9.59 Å². The van der Waals surface area contributed by atoms with Crippen molar-refractivity contribution < 1.29 is 28.5 Å². The van der Waals surface area contributed by atoms with Crippen LogP contribution in [0, 0.1) is 5.92 Å². The molecule has 178 valence electrons. The summed E-state index contributed by atoms with van der Waals surface area (Å²) in [6, 6.07) is 12.9. The Morgan fingerprint density at radius 3 is 2.76 bits per heavy atom. The maximum atomic E-state index is 12.8. The molecule has 5 rings (SSSR count). The van der Waals surface area contributed by atoms with Gasteiger partial charge in [0.1, 0.15) is 18.8 Å². The number of esters is 1. The number of benzene rings is 2. The van der Waals surface area contributed by atoms with E-state index in [0.29, 0.717) is 37.2 Å². The van der Waals surface area contributed by atoms with Crippen molar-refractivity contribution in [3.8, 4) is 11.5 Å². The van der Waals surface area contributed by atoms with Crippen LogP contribution in [0.2, 0.25) is 0 Å². The summed E-state index contributed by atoms with van der Waals surface area (Å²) in [7, 11) is 1.63. The minimum absolute atomic E-state index is 0.0126. The first kappa shape index (κ1) is 22.3. The van der Waals surface area contributed by atoms with Crippen LogP contribution in [0.5, 0.6) is 11.5 Å². The van der Waals surface area contributed by atoms with E-state index in [1.165, 1.54) is 0 Å². The van der Waals surface area contributed by atoms with Crippen LogP contribution in [0.3, 0.4) is 0 Å². The Morgan fingerprint density at radius 2 is 2.03 bits per heavy atom. The lowest BCUT2D eigenvalue weighted by Crippen LogP contribution is -2.41. The lowest BCUT2D eigenvalue weighted by Gasteiger charge is -2.34. The third-order valence-corrected chi connectivity index (χ3v) is 7.55. The van der Waals surface area contributed by atoms with Gasteiger partial charge in [0.2, 0.25) is 0 Å². The van der Waals surface area contributed by atoms with Crippen LogP contribution in [-0.4, -0.2) is 49.4 Å². The molecule has 1 amide bonds. The lowest BCUT2D eigenvalue weighted by molar-refractivity contribution is 0.0173. The number of carbonyl (C=O) groups is 2. The van der Waals surface area contributed by atoms with Gasteiger partial charge in [-0.3, -0.25) is 0 Å². The zero-order valence-electron chi connectivity index (χ0n) is 19.5. The molecule has 0 radical (unpaired) electrons. The van der Waals surface area contributed by atoms with Crippen LogP contribution in [0.15, 0.2) is 55.1 Å². The maximum Gasteiger partial charge on any atom is 0.410 e. The molecule has 2 heterocycles. The summed E-state index contributed by atoms with van der Waals surface area (Å²) in [6.07, 6.45) is 1.98. The van der Waals surface area contributed by atoms with Crippen molar-refractivity contribution in [3.05, 3.63) is 71.8 Å². The summed E-state index contributed by atoms with van der Waals surface area (Å²) in [5.41, 5.74) is 2.22. The Bertz CT molecular complexity index is 1120. The highest BCUT2D eigenvalue weighted by atomic mass is 16.6. The first-order chi connectivity index (χ1) is 16.5. The van der Waals surface area contributed by atoms with Gasteiger partial charge in [0.25, 0.3) is 0 Å². The number of hydrogen-bond donors (Lipinski definition) is 0. The van der Waals surface area contributed by atoms with Crippen LogP contribution < -0.4 is 9.47 Å². The van der Waals surface area contributed by atoms with Crippen molar-refractivity contribution in [1.29, 1.82) is 0 Å². The van der Waals surface area contributed by atoms with Crippen LogP contribution in [0.25, 0.3) is 0 Å². The molecule has 4 atom stereocenters. The largest absolute Gasteiger partial charge is 0.493 e. The summed E-state index contributed by atoms with van der Waals surface area (Å²) in [5, 5.41) is 0. The minimum Gasteiger partial charge on any atom is -0.493 e. The van der Waals surface area contributed by atoms with Crippen molar-refractivity contribution in [2.24, 2.45) is 5.92 Å². The highest BCUT2D eigenvalue weighted by Crippen LogP contribution is 2.61. The van der Waals surface area contributed by atoms with Gasteiger partial charge in [0.05, 0.1) is 12.7 Å². The fourth-order valence-corrected chi connectivity index (χ4v) is 5.88. The topological polar surface area (TPSA) is 74.3 Å². The molecule has 1 saturated carbocycles. The second kappa shape index (κ2) is 8.70. The van der Waals surface area contributed by atoms with Gasteiger partial charge in [-0.1, -0.05) is 43.8 Å². The van der Waals surface area contributed by atoms with Crippen LogP contribution in [-0.2, 0) is 21.4 Å². The fourth-order valence-electron chi connectivity index (χ4n) is 5.88. The Balaban J connectivity index is 1.49. The van der Waals surface area contributed by atoms with Gasteiger partial charge >= 0.3 is 12.1 Å². The molecule has 34 heavy (non-hydrogen) atoms. The van der Waals surface area contributed by atoms with Crippen LogP contribution >= 0.6 is 0 Å². The van der Waals surface area contributed by atoms with Crippen LogP contribution in [0.1, 0.15) is 41.3 Å². The minimum atomic E-state index is -0.395. The third-order valence-electron chi connectivity index (χ3n) is 7.55. The summed E-state index contributed by atoms with van der Waals surface area (Å²) >= 11 is 0. The number of hydrogen-bond acceptors (Lipinski definition) is 6. The van der Waals surface area contributed by atoms with Crippen molar-refractivity contribution in [3.63, 3.8) is 0 Å². The molecule has 7 nitrogen and oxygen atoms in total. The lowest BCUT2D eigenvalue weighted by atomic mass is 9.69. The predicted octanol–water partition coefficient (Wildman–Crippen LogP) is 4.49. The molecular weight excluding hydrogens is 434 g/mol. The predicted molar refractivity (Wildman–Crippen MR) is 125 cm³/mol. The normalized spacial score (nSPS) is 26.5. The molecule has 1 fully saturated rings. The van der Waals surface area contributed by atoms with Gasteiger partial charge in [0.15, 0.2) is 11.5 Å². The SMILES string of the molecule is C=CCOC(=O)N1CC[C@]23c4c(ccc(OC)c4O[C@H]2C[C@@H](OC(=O)c2ccccc2)C3C)C1. The van der Waals surface area contributed by atoms with Gasteiger partial charge in [-0.25, -0.2) is 9.59 Å². The molecule has 0 N–H and O–H groups in total. The highest BCUT2D eigenvalue weighted by Gasteiger charge is 2.63. The molecule has 0 aromatic heterocycles. The van der Waals surface area contributed by atoms with E-state index >= 15 is 0 Å². The number of carbonyl (C=O) groups excluding carboxylic acids is 2. The number of methoxy groups -OCH3 is 1. The first-order valence-corrected chi connectivity index (χ1v) is 11.6. The summed E-state index contributed by atoms with van der Waals surface area (Å²) in [5.74, 6) is 1.08. The molecule has 7 heteroatoms. The van der Waals surface area contributed by atoms with E-state index < -0.39 is 5.41 Å². The Kier molecular flexibility index (Phi) is 5.71. The van der Waals surface area contributed by atoms with E-state index in [-0.39, 0.29) is 36.8 Å². The number of amides is 1. The number of ether oxygens (including phenoxy) is 4. The zero-order chi connectivity index (χ0) is 23.9. The molecule has 2 aromatic rings. The highest BCUT2D eigenvalue weighted by molar-refractivity contribution is 5.89. The quantitative estimate of drug-likeness (QED) is 0.481. The van der Waals surface area contributed by atoms with Crippen molar-refractivity contribution in [2.75, 3.05) is 20.3 Å². The van der Waals surface area contributed by atoms with Gasteiger partial charge in [0, 0.05) is 36.4 Å². The van der Waals surface area contributed by atoms with Crippen molar-refractivity contribution >= 4 is 12.1 Å². The van der Waals surface area contributed by atoms with Crippen molar-refractivity contribution in [1.82, 2.24) is 4.90 Å². The molecule has 1 unspecified atom stereocenters. The van der Waals surface area contributed by atoms with E-state index in [2.05, 4.69) is 13.5 Å². The third kappa shape index (κ3) is 3.42. The molecule has 1 spiro atoms. The second-order valence-electron chi connectivity index (χ2n) is 9.15. The molecule has 2 aromatic carbocycles. The Hall–Kier alpha value is -3.48. The molecular formula is C27H29NO6. The van der Waals surface area contributed by atoms with Gasteiger partial charge < -0.3 is 23.8 Å². The van der Waals surface area contributed by atoms with E-state index in [1.807, 2.05) is 30.3 Å². The molecule has 1 aliphatic carbocycles. The van der Waals surface area contributed by atoms with Gasteiger partial charge in [-0.2, -0.15) is 0 Å². The van der Waals surface area contributed by atoms with E-state index in [0.717, 1.165) is 16.9 Å². The summed E-state index contributed by atoms with van der Waals surface area (Å²) < 4.78 is 23.5. The van der Waals surface area contributed by atoms with Crippen LogP contribution in [0.4, 0.5) is 4.79 Å². The molecule has 3 aliphatic rings. The standard InChI is InChI=1S/C27H29NO6/c1-4-14-32-26(30)28-13-12-27-17(2)21(33-25(29)18-8-6-5-7-9-18)15-22(27)34-24-20(31-3)11-10-19(16-28)23(24)27/h4-11,17,21-22H,1,12-16H2,2-3H3/t17?,21-,22+,27-/m1/s1. The number of nitrogens with zero attached hydrogens (tertiary/aromatic N) is 1. The van der Waals surface area contributed by atoms with Crippen molar-refractivity contribution in [2.45, 2.75) is 43.9 Å². The second-order valence-corrected chi connectivity index (χ2v) is 9.15. The maximum absolute atomic E-state index is 12.8. The average molecular weight is 464 g/mol. The van der Waals surface area contributed by atoms with Gasteiger partial charge in [-0.05, 0) is 30.2 Å². The number of rotatable bonds is 5. The average Bonchev–Trinajstić information content (AvgIpc) is 3.23. The smallest absolute Gasteiger partial charge is 0.410 e. The monoisotopic (exact) mass is 463 g/mol. The van der Waals surface area contributed by atoms with E-state index in [4.69, 9.17) is 18.9 Å². The fraction of sp³-hybridized carbons (Fsp3) is 0.407. The summed E-state index contributed by atoms with van der Waals surface area (Å²) in [4.78, 5) is 27.3. The Morgan fingerprint density at radius 1 is 1.24 bits per heavy atom. The molecule has 0 bridgehead atoms. The van der Waals surface area contributed by atoms with E-state index in [1.54, 1.807) is 30.2 Å². The summed E-state index contributed by atoms with van der Waals surface area (Å²) in [6.45, 7) is 6.84. The molecule has 0 saturated heterocycles. The molecule has 2 aliphatic heterocycles.